The molecule has 0 saturated heterocycles. The van der Waals surface area contributed by atoms with Crippen LogP contribution in [0.2, 0.25) is 0 Å². The van der Waals surface area contributed by atoms with E-state index < -0.39 is 11.7 Å². The van der Waals surface area contributed by atoms with E-state index in [0.717, 1.165) is 12.1 Å². The van der Waals surface area contributed by atoms with Crippen LogP contribution in [-0.4, -0.2) is 19.9 Å². The number of alkyl halides is 3. The van der Waals surface area contributed by atoms with E-state index in [-0.39, 0.29) is 5.56 Å². The fraction of sp³-hybridized carbons (Fsp3) is 0.250. The van der Waals surface area contributed by atoms with Crippen molar-refractivity contribution in [1.29, 1.82) is 0 Å². The topological polar surface area (TPSA) is 29.1 Å². The molecule has 1 aromatic rings. The molecule has 0 saturated carbocycles. The largest absolute Gasteiger partial charge is 0.416 e. The molecule has 1 N–H and O–H groups in total. The van der Waals surface area contributed by atoms with Crippen molar-refractivity contribution in [3.8, 4) is 0 Å². The van der Waals surface area contributed by atoms with Gasteiger partial charge >= 0.3 is 6.18 Å². The number of rotatable bonds is 4. The Kier molecular flexibility index (Phi) is 4.45. The Morgan fingerprint density at radius 2 is 1.88 bits per heavy atom. The first kappa shape index (κ1) is 13.4. The highest BCUT2D eigenvalue weighted by Gasteiger charge is 2.30. The van der Waals surface area contributed by atoms with Gasteiger partial charge in [-0.2, -0.15) is 13.2 Å². The van der Waals surface area contributed by atoms with Gasteiger partial charge in [0.05, 0.1) is 5.56 Å². The summed E-state index contributed by atoms with van der Waals surface area (Å²) in [5.74, 6) is 0. The molecule has 0 heterocycles. The molecule has 1 rings (SSSR count). The molecule has 0 aliphatic heterocycles. The maximum atomic E-state index is 12.5. The second-order valence-electron chi connectivity index (χ2n) is 3.46. The van der Waals surface area contributed by atoms with Crippen molar-refractivity contribution in [2.45, 2.75) is 6.18 Å². The summed E-state index contributed by atoms with van der Waals surface area (Å²) < 4.78 is 37.6. The normalized spacial score (nSPS) is 12.0. The zero-order valence-electron chi connectivity index (χ0n) is 9.21. The molecule has 2 nitrogen and oxygen atoms in total. The summed E-state index contributed by atoms with van der Waals surface area (Å²) in [5, 5.41) is 2.83. The van der Waals surface area contributed by atoms with Crippen LogP contribution in [0, 0.1) is 0 Å². The van der Waals surface area contributed by atoms with Crippen LogP contribution in [0.15, 0.2) is 24.3 Å². The monoisotopic (exact) mass is 243 g/mol. The number of hydrogen-bond acceptors (Lipinski definition) is 2. The summed E-state index contributed by atoms with van der Waals surface area (Å²) in [6.07, 6.45) is -0.807. The minimum absolute atomic E-state index is 0.0175. The molecule has 0 aliphatic rings. The standard InChI is InChI=1S/C12H12F3NO/c1-16-4-2-3-9-5-10(8-17)7-11(6-9)12(13,14)15/h2-3,5-8,16H,4H2,1H3. The first-order valence-electron chi connectivity index (χ1n) is 4.96. The van der Waals surface area contributed by atoms with Gasteiger partial charge in [0.1, 0.15) is 6.29 Å². The molecular weight excluding hydrogens is 231 g/mol. The fourth-order valence-corrected chi connectivity index (χ4v) is 1.32. The zero-order valence-corrected chi connectivity index (χ0v) is 9.21. The highest BCUT2D eigenvalue weighted by Crippen LogP contribution is 2.30. The third-order valence-electron chi connectivity index (χ3n) is 2.07. The van der Waals surface area contributed by atoms with Gasteiger partial charge in [0.2, 0.25) is 0 Å². The molecule has 0 aromatic heterocycles. The van der Waals surface area contributed by atoms with Crippen LogP contribution in [0.3, 0.4) is 0 Å². The summed E-state index contributed by atoms with van der Waals surface area (Å²) in [5.41, 5.74) is -0.438. The van der Waals surface area contributed by atoms with Crippen molar-refractivity contribution in [1.82, 2.24) is 5.32 Å². The summed E-state index contributed by atoms with van der Waals surface area (Å²) in [6, 6.07) is 3.26. The fourth-order valence-electron chi connectivity index (χ4n) is 1.32. The number of hydrogen-bond donors (Lipinski definition) is 1. The summed E-state index contributed by atoms with van der Waals surface area (Å²) >= 11 is 0. The van der Waals surface area contributed by atoms with E-state index in [1.165, 1.54) is 6.07 Å². The van der Waals surface area contributed by atoms with Crippen LogP contribution in [0.4, 0.5) is 13.2 Å². The Morgan fingerprint density at radius 3 is 2.41 bits per heavy atom. The van der Waals surface area contributed by atoms with Crippen molar-refractivity contribution in [2.75, 3.05) is 13.6 Å². The van der Waals surface area contributed by atoms with E-state index in [0.29, 0.717) is 18.4 Å². The van der Waals surface area contributed by atoms with E-state index in [1.54, 1.807) is 19.2 Å². The molecule has 0 amide bonds. The van der Waals surface area contributed by atoms with Gasteiger partial charge in [-0.05, 0) is 30.8 Å². The van der Waals surface area contributed by atoms with Gasteiger partial charge in [-0.25, -0.2) is 0 Å². The number of carbonyl (C=O) groups is 1. The second-order valence-corrected chi connectivity index (χ2v) is 3.46. The highest BCUT2D eigenvalue weighted by molar-refractivity contribution is 5.77. The molecule has 92 valence electrons. The van der Waals surface area contributed by atoms with Crippen LogP contribution >= 0.6 is 0 Å². The lowest BCUT2D eigenvalue weighted by atomic mass is 10.1. The molecular formula is C12H12F3NO. The van der Waals surface area contributed by atoms with Gasteiger partial charge < -0.3 is 5.32 Å². The average Bonchev–Trinajstić information content (AvgIpc) is 2.28. The van der Waals surface area contributed by atoms with Crippen LogP contribution in [-0.2, 0) is 6.18 Å². The molecule has 0 radical (unpaired) electrons. The van der Waals surface area contributed by atoms with Gasteiger partial charge in [-0.1, -0.05) is 12.2 Å². The van der Waals surface area contributed by atoms with Crippen LogP contribution in [0.1, 0.15) is 21.5 Å². The van der Waals surface area contributed by atoms with Gasteiger partial charge in [0.25, 0.3) is 0 Å². The number of benzene rings is 1. The van der Waals surface area contributed by atoms with Crippen molar-refractivity contribution in [2.24, 2.45) is 0 Å². The van der Waals surface area contributed by atoms with E-state index in [4.69, 9.17) is 0 Å². The highest BCUT2D eigenvalue weighted by atomic mass is 19.4. The molecule has 0 unspecified atom stereocenters. The lowest BCUT2D eigenvalue weighted by molar-refractivity contribution is -0.137. The van der Waals surface area contributed by atoms with E-state index in [2.05, 4.69) is 5.32 Å². The minimum atomic E-state index is -4.44. The maximum absolute atomic E-state index is 12.5. The number of carbonyl (C=O) groups excluding carboxylic acids is 1. The Balaban J connectivity index is 3.10. The second kappa shape index (κ2) is 5.63. The number of aldehydes is 1. The predicted octanol–water partition coefficient (Wildman–Crippen LogP) is 2.75. The van der Waals surface area contributed by atoms with Gasteiger partial charge in [-0.3, -0.25) is 4.79 Å². The number of likely N-dealkylation sites (N-methyl/N-ethyl adjacent to an activating group) is 1. The molecule has 0 bridgehead atoms. The maximum Gasteiger partial charge on any atom is 0.416 e. The molecule has 0 atom stereocenters. The third-order valence-corrected chi connectivity index (χ3v) is 2.07. The van der Waals surface area contributed by atoms with Crippen molar-refractivity contribution in [3.05, 3.63) is 41.0 Å². The van der Waals surface area contributed by atoms with Crippen molar-refractivity contribution in [3.63, 3.8) is 0 Å². The minimum Gasteiger partial charge on any atom is -0.316 e. The third kappa shape index (κ3) is 4.03. The van der Waals surface area contributed by atoms with E-state index >= 15 is 0 Å². The first-order valence-corrected chi connectivity index (χ1v) is 4.96. The van der Waals surface area contributed by atoms with Crippen LogP contribution < -0.4 is 5.32 Å². The van der Waals surface area contributed by atoms with Gasteiger partial charge in [0, 0.05) is 12.1 Å². The zero-order chi connectivity index (χ0) is 12.9. The molecule has 1 aromatic carbocycles. The lowest BCUT2D eigenvalue weighted by Crippen LogP contribution is -2.06. The van der Waals surface area contributed by atoms with Crippen LogP contribution in [0.25, 0.3) is 6.08 Å². The van der Waals surface area contributed by atoms with Crippen LogP contribution in [0.5, 0.6) is 0 Å². The van der Waals surface area contributed by atoms with Crippen molar-refractivity contribution < 1.29 is 18.0 Å². The SMILES string of the molecule is CNCC=Cc1cc(C=O)cc(C(F)(F)F)c1. The average molecular weight is 243 g/mol. The van der Waals surface area contributed by atoms with Crippen molar-refractivity contribution >= 4 is 12.4 Å². The number of halogens is 3. The summed E-state index contributed by atoms with van der Waals surface area (Å²) in [6.45, 7) is 0.548. The Hall–Kier alpha value is -1.62. The Labute approximate surface area is 97.1 Å². The van der Waals surface area contributed by atoms with E-state index in [9.17, 15) is 18.0 Å². The molecule has 0 aliphatic carbocycles. The predicted molar refractivity (Wildman–Crippen MR) is 59.8 cm³/mol. The quantitative estimate of drug-likeness (QED) is 0.824. The molecule has 17 heavy (non-hydrogen) atoms. The number of nitrogens with one attached hydrogen (secondary N) is 1. The Morgan fingerprint density at radius 1 is 1.24 bits per heavy atom. The van der Waals surface area contributed by atoms with Gasteiger partial charge in [-0.15, -0.1) is 0 Å². The molecule has 0 spiro atoms. The molecule has 5 heteroatoms. The lowest BCUT2D eigenvalue weighted by Gasteiger charge is -2.08. The smallest absolute Gasteiger partial charge is 0.316 e. The molecule has 0 fully saturated rings. The first-order chi connectivity index (χ1) is 7.97. The van der Waals surface area contributed by atoms with Gasteiger partial charge in [0.15, 0.2) is 0 Å². The summed E-state index contributed by atoms with van der Waals surface area (Å²) in [4.78, 5) is 10.6. The Bertz CT molecular complexity index is 424. The summed E-state index contributed by atoms with van der Waals surface area (Å²) in [7, 11) is 1.73. The van der Waals surface area contributed by atoms with E-state index in [1.807, 2.05) is 0 Å².